The number of carbonyl (C=O) groups is 1. The number of carbonyl (C=O) groups excluding carboxylic acids is 1. The van der Waals surface area contributed by atoms with Crippen LogP contribution in [-0.2, 0) is 0 Å². The second-order valence-electron chi connectivity index (χ2n) is 4.33. The highest BCUT2D eigenvalue weighted by Crippen LogP contribution is 2.11. The highest BCUT2D eigenvalue weighted by atomic mass is 35.5. The summed E-state index contributed by atoms with van der Waals surface area (Å²) >= 11 is 5.79. The minimum atomic E-state index is -0.255. The van der Waals surface area contributed by atoms with Crippen molar-refractivity contribution in [3.05, 3.63) is 28.5 Å². The number of pyridine rings is 1. The van der Waals surface area contributed by atoms with Crippen molar-refractivity contribution in [2.75, 3.05) is 6.61 Å². The van der Waals surface area contributed by atoms with Crippen LogP contribution in [0.2, 0.25) is 5.15 Å². The molecule has 1 aromatic heterocycles. The van der Waals surface area contributed by atoms with Crippen LogP contribution < -0.4 is 5.32 Å². The maximum Gasteiger partial charge on any atom is 0.251 e. The predicted molar refractivity (Wildman–Crippen MR) is 67.2 cm³/mol. The third-order valence-electron chi connectivity index (χ3n) is 2.50. The molecule has 1 rings (SSSR count). The van der Waals surface area contributed by atoms with E-state index in [4.69, 9.17) is 16.7 Å². The van der Waals surface area contributed by atoms with E-state index >= 15 is 0 Å². The monoisotopic (exact) mass is 256 g/mol. The first kappa shape index (κ1) is 13.9. The van der Waals surface area contributed by atoms with Crippen LogP contribution in [-0.4, -0.2) is 28.6 Å². The summed E-state index contributed by atoms with van der Waals surface area (Å²) in [7, 11) is 0. The molecule has 0 spiro atoms. The number of aliphatic hydroxyl groups excluding tert-OH is 1. The molecule has 17 heavy (non-hydrogen) atoms. The summed E-state index contributed by atoms with van der Waals surface area (Å²) in [5.41, 5.74) is 1.15. The summed E-state index contributed by atoms with van der Waals surface area (Å²) in [6.07, 6.45) is 0. The number of halogens is 1. The van der Waals surface area contributed by atoms with Crippen LogP contribution in [0.4, 0.5) is 0 Å². The summed E-state index contributed by atoms with van der Waals surface area (Å²) in [6, 6.07) is 2.92. The molecule has 0 aliphatic rings. The van der Waals surface area contributed by atoms with Crippen molar-refractivity contribution in [1.29, 1.82) is 0 Å². The smallest absolute Gasteiger partial charge is 0.251 e. The van der Waals surface area contributed by atoms with Crippen LogP contribution in [0.1, 0.15) is 29.9 Å². The maximum atomic E-state index is 11.9. The van der Waals surface area contributed by atoms with E-state index in [0.717, 1.165) is 0 Å². The number of hydrogen-bond acceptors (Lipinski definition) is 3. The molecule has 0 radical (unpaired) electrons. The molecular formula is C12H17ClN2O2. The highest BCUT2D eigenvalue weighted by Gasteiger charge is 2.16. The molecule has 0 saturated carbocycles. The summed E-state index contributed by atoms with van der Waals surface area (Å²) in [5, 5.41) is 12.2. The lowest BCUT2D eigenvalue weighted by Gasteiger charge is -2.19. The molecular weight excluding hydrogens is 240 g/mol. The zero-order valence-corrected chi connectivity index (χ0v) is 11.0. The molecule has 0 bridgehead atoms. The van der Waals surface area contributed by atoms with E-state index in [1.54, 1.807) is 13.0 Å². The van der Waals surface area contributed by atoms with Gasteiger partial charge in [0.25, 0.3) is 5.91 Å². The lowest BCUT2D eigenvalue weighted by Crippen LogP contribution is -2.41. The Hall–Kier alpha value is -1.13. The number of nitrogens with one attached hydrogen (secondary N) is 1. The van der Waals surface area contributed by atoms with E-state index in [9.17, 15) is 4.79 Å². The lowest BCUT2D eigenvalue weighted by atomic mass is 10.0. The van der Waals surface area contributed by atoms with Gasteiger partial charge < -0.3 is 10.4 Å². The first-order chi connectivity index (χ1) is 7.93. The van der Waals surface area contributed by atoms with E-state index < -0.39 is 0 Å². The number of nitrogens with zero attached hydrogens (tertiary/aromatic N) is 1. The first-order valence-corrected chi connectivity index (χ1v) is 5.87. The Bertz CT molecular complexity index is 387. The molecule has 0 saturated heterocycles. The largest absolute Gasteiger partial charge is 0.394 e. The van der Waals surface area contributed by atoms with Crippen molar-refractivity contribution in [3.63, 3.8) is 0 Å². The Morgan fingerprint density at radius 3 is 2.65 bits per heavy atom. The van der Waals surface area contributed by atoms with Gasteiger partial charge in [0.15, 0.2) is 0 Å². The third kappa shape index (κ3) is 3.98. The molecule has 1 atom stereocenters. The van der Waals surface area contributed by atoms with Gasteiger partial charge in [0.2, 0.25) is 0 Å². The highest BCUT2D eigenvalue weighted by molar-refractivity contribution is 6.29. The average Bonchev–Trinajstić information content (AvgIpc) is 2.23. The minimum Gasteiger partial charge on any atom is -0.394 e. The Kier molecular flexibility index (Phi) is 4.90. The second-order valence-corrected chi connectivity index (χ2v) is 4.71. The predicted octanol–water partition coefficient (Wildman–Crippen LogP) is 1.79. The molecule has 5 heteroatoms. The van der Waals surface area contributed by atoms with Gasteiger partial charge in [-0.2, -0.15) is 0 Å². The topological polar surface area (TPSA) is 62.2 Å². The summed E-state index contributed by atoms with van der Waals surface area (Å²) in [6.45, 7) is 5.56. The van der Waals surface area contributed by atoms with Gasteiger partial charge >= 0.3 is 0 Å². The fraction of sp³-hybridized carbons (Fsp3) is 0.500. The molecule has 0 aromatic carbocycles. The molecule has 1 heterocycles. The van der Waals surface area contributed by atoms with Crippen LogP contribution in [0.15, 0.2) is 12.1 Å². The summed E-state index contributed by atoms with van der Waals surface area (Å²) < 4.78 is 0. The van der Waals surface area contributed by atoms with Crippen molar-refractivity contribution < 1.29 is 9.90 Å². The zero-order chi connectivity index (χ0) is 13.0. The molecule has 0 aliphatic heterocycles. The standard InChI is InChI=1S/C12H17ClN2O2/c1-7(2)10(6-16)15-12(17)9-4-8(3)14-11(13)5-9/h4-5,7,10,16H,6H2,1-3H3,(H,15,17)/t10-/m1/s1. The number of hydrogen-bond donors (Lipinski definition) is 2. The van der Waals surface area contributed by atoms with Crippen molar-refractivity contribution in [1.82, 2.24) is 10.3 Å². The van der Waals surface area contributed by atoms with Gasteiger partial charge in [0.05, 0.1) is 12.6 Å². The van der Waals surface area contributed by atoms with Crippen LogP contribution in [0.3, 0.4) is 0 Å². The number of amides is 1. The number of rotatable bonds is 4. The lowest BCUT2D eigenvalue weighted by molar-refractivity contribution is 0.0896. The van der Waals surface area contributed by atoms with Gasteiger partial charge in [0.1, 0.15) is 5.15 Å². The van der Waals surface area contributed by atoms with E-state index in [2.05, 4.69) is 10.3 Å². The van der Waals surface area contributed by atoms with Crippen molar-refractivity contribution in [3.8, 4) is 0 Å². The van der Waals surface area contributed by atoms with Crippen LogP contribution in [0.5, 0.6) is 0 Å². The van der Waals surface area contributed by atoms with Crippen LogP contribution in [0, 0.1) is 12.8 Å². The van der Waals surface area contributed by atoms with Gasteiger partial charge in [-0.25, -0.2) is 4.98 Å². The van der Waals surface area contributed by atoms with E-state index in [0.29, 0.717) is 16.4 Å². The molecule has 0 fully saturated rings. The summed E-state index contributed by atoms with van der Waals surface area (Å²) in [4.78, 5) is 15.9. The van der Waals surface area contributed by atoms with Crippen LogP contribution >= 0.6 is 11.6 Å². The Labute approximate surface area is 106 Å². The second kappa shape index (κ2) is 5.98. The molecule has 1 amide bonds. The Morgan fingerprint density at radius 1 is 1.53 bits per heavy atom. The van der Waals surface area contributed by atoms with E-state index in [1.807, 2.05) is 13.8 Å². The summed E-state index contributed by atoms with van der Waals surface area (Å²) in [5.74, 6) is -0.0764. The molecule has 2 N–H and O–H groups in total. The number of aryl methyl sites for hydroxylation is 1. The minimum absolute atomic E-state index is 0.0821. The fourth-order valence-electron chi connectivity index (χ4n) is 1.43. The quantitative estimate of drug-likeness (QED) is 0.808. The number of aromatic nitrogens is 1. The van der Waals surface area contributed by atoms with Gasteiger partial charge in [-0.15, -0.1) is 0 Å². The first-order valence-electron chi connectivity index (χ1n) is 5.50. The molecule has 94 valence electrons. The van der Waals surface area contributed by atoms with Crippen LogP contribution in [0.25, 0.3) is 0 Å². The Balaban J connectivity index is 2.82. The maximum absolute atomic E-state index is 11.9. The normalized spacial score (nSPS) is 12.6. The van der Waals surface area contributed by atoms with Crippen molar-refractivity contribution in [2.24, 2.45) is 5.92 Å². The van der Waals surface area contributed by atoms with Crippen molar-refractivity contribution in [2.45, 2.75) is 26.8 Å². The van der Waals surface area contributed by atoms with Gasteiger partial charge in [-0.1, -0.05) is 25.4 Å². The van der Waals surface area contributed by atoms with Gasteiger partial charge in [-0.3, -0.25) is 4.79 Å². The average molecular weight is 257 g/mol. The fourth-order valence-corrected chi connectivity index (χ4v) is 1.68. The van der Waals surface area contributed by atoms with Gasteiger partial charge in [0, 0.05) is 11.3 Å². The Morgan fingerprint density at radius 2 is 2.18 bits per heavy atom. The SMILES string of the molecule is Cc1cc(C(=O)N[C@H](CO)C(C)C)cc(Cl)n1. The van der Waals surface area contributed by atoms with E-state index in [1.165, 1.54) is 6.07 Å². The van der Waals surface area contributed by atoms with E-state index in [-0.39, 0.29) is 24.5 Å². The molecule has 4 nitrogen and oxygen atoms in total. The van der Waals surface area contributed by atoms with Crippen molar-refractivity contribution >= 4 is 17.5 Å². The number of aliphatic hydroxyl groups is 1. The molecule has 1 aromatic rings. The zero-order valence-electron chi connectivity index (χ0n) is 10.2. The molecule has 0 unspecified atom stereocenters. The van der Waals surface area contributed by atoms with Gasteiger partial charge in [-0.05, 0) is 25.0 Å². The molecule has 0 aliphatic carbocycles. The third-order valence-corrected chi connectivity index (χ3v) is 2.70.